The Morgan fingerprint density at radius 3 is 2.75 bits per heavy atom. The van der Waals surface area contributed by atoms with Crippen molar-refractivity contribution in [1.29, 1.82) is 0 Å². The molecule has 1 atom stereocenters. The molecule has 0 amide bonds. The molecule has 0 aliphatic carbocycles. The fourth-order valence-corrected chi connectivity index (χ4v) is 1.58. The Kier molecular flexibility index (Phi) is 5.22. The van der Waals surface area contributed by atoms with E-state index >= 15 is 0 Å². The van der Waals surface area contributed by atoms with Crippen molar-refractivity contribution in [1.82, 2.24) is 5.32 Å². The molecule has 4 heteroatoms. The van der Waals surface area contributed by atoms with Crippen molar-refractivity contribution in [3.05, 3.63) is 29.6 Å². The van der Waals surface area contributed by atoms with Gasteiger partial charge in [-0.05, 0) is 26.1 Å². The van der Waals surface area contributed by atoms with Gasteiger partial charge in [-0.25, -0.2) is 4.39 Å². The lowest BCUT2D eigenvalue weighted by molar-refractivity contribution is 0.123. The highest BCUT2D eigenvalue weighted by atomic mass is 19.1. The van der Waals surface area contributed by atoms with Crippen molar-refractivity contribution in [3.8, 4) is 5.75 Å². The Bertz CT molecular complexity index is 331. The van der Waals surface area contributed by atoms with Gasteiger partial charge in [0.2, 0.25) is 0 Å². The maximum atomic E-state index is 13.7. The zero-order valence-corrected chi connectivity index (χ0v) is 9.92. The second-order valence-corrected chi connectivity index (χ2v) is 3.36. The number of likely N-dealkylation sites (N-methyl/N-ethyl adjacent to an activating group) is 1. The van der Waals surface area contributed by atoms with Gasteiger partial charge in [-0.1, -0.05) is 6.07 Å². The first kappa shape index (κ1) is 12.9. The van der Waals surface area contributed by atoms with Crippen LogP contribution in [0.15, 0.2) is 18.2 Å². The molecule has 1 rings (SSSR count). The van der Waals surface area contributed by atoms with E-state index in [1.165, 1.54) is 13.2 Å². The van der Waals surface area contributed by atoms with Gasteiger partial charge in [-0.15, -0.1) is 0 Å². The Hall–Kier alpha value is -1.13. The van der Waals surface area contributed by atoms with Crippen LogP contribution >= 0.6 is 0 Å². The lowest BCUT2D eigenvalue weighted by atomic mass is 10.1. The van der Waals surface area contributed by atoms with E-state index in [4.69, 9.17) is 9.47 Å². The van der Waals surface area contributed by atoms with Gasteiger partial charge in [-0.3, -0.25) is 0 Å². The monoisotopic (exact) mass is 227 g/mol. The van der Waals surface area contributed by atoms with Crippen LogP contribution in [0.4, 0.5) is 4.39 Å². The second-order valence-electron chi connectivity index (χ2n) is 3.36. The van der Waals surface area contributed by atoms with Gasteiger partial charge in [-0.2, -0.15) is 0 Å². The Morgan fingerprint density at radius 2 is 2.19 bits per heavy atom. The average molecular weight is 227 g/mol. The summed E-state index contributed by atoms with van der Waals surface area (Å²) in [6.45, 7) is 2.94. The zero-order valence-electron chi connectivity index (χ0n) is 9.92. The lowest BCUT2D eigenvalue weighted by Crippen LogP contribution is -2.23. The molecule has 0 aliphatic heterocycles. The van der Waals surface area contributed by atoms with Crippen LogP contribution in [-0.4, -0.2) is 27.4 Å². The molecule has 1 aromatic carbocycles. The molecule has 0 radical (unpaired) electrons. The molecule has 1 N–H and O–H groups in total. The van der Waals surface area contributed by atoms with Gasteiger partial charge in [0.25, 0.3) is 0 Å². The number of nitrogens with one attached hydrogen (secondary N) is 1. The molecule has 0 saturated heterocycles. The van der Waals surface area contributed by atoms with E-state index in [0.29, 0.717) is 24.5 Å². The number of methoxy groups -OCH3 is 1. The molecule has 0 aromatic heterocycles. The summed E-state index contributed by atoms with van der Waals surface area (Å²) in [5.74, 6) is 0.262. The normalized spacial score (nSPS) is 12.5. The topological polar surface area (TPSA) is 30.5 Å². The third kappa shape index (κ3) is 2.93. The van der Waals surface area contributed by atoms with Crippen LogP contribution in [0.5, 0.6) is 5.75 Å². The summed E-state index contributed by atoms with van der Waals surface area (Å²) < 4.78 is 24.2. The molecule has 1 aromatic rings. The van der Waals surface area contributed by atoms with Crippen LogP contribution in [0.3, 0.4) is 0 Å². The van der Waals surface area contributed by atoms with E-state index in [1.807, 2.05) is 6.92 Å². The van der Waals surface area contributed by atoms with Gasteiger partial charge in [0.15, 0.2) is 0 Å². The van der Waals surface area contributed by atoms with Crippen molar-refractivity contribution in [2.45, 2.75) is 13.0 Å². The van der Waals surface area contributed by atoms with Crippen LogP contribution in [0, 0.1) is 5.82 Å². The number of halogens is 1. The smallest absolute Gasteiger partial charge is 0.131 e. The van der Waals surface area contributed by atoms with Crippen molar-refractivity contribution in [2.75, 3.05) is 27.4 Å². The van der Waals surface area contributed by atoms with Crippen LogP contribution in [0.1, 0.15) is 18.5 Å². The molecule has 0 saturated carbocycles. The largest absolute Gasteiger partial charge is 0.496 e. The second kappa shape index (κ2) is 6.45. The Balaban J connectivity index is 2.97. The van der Waals surface area contributed by atoms with Crippen molar-refractivity contribution in [2.24, 2.45) is 0 Å². The van der Waals surface area contributed by atoms with Gasteiger partial charge in [0, 0.05) is 12.2 Å². The van der Waals surface area contributed by atoms with E-state index < -0.39 is 0 Å². The third-order valence-electron chi connectivity index (χ3n) is 2.42. The fourth-order valence-electron chi connectivity index (χ4n) is 1.58. The van der Waals surface area contributed by atoms with E-state index in [2.05, 4.69) is 5.32 Å². The third-order valence-corrected chi connectivity index (χ3v) is 2.42. The number of ether oxygens (including phenoxy) is 2. The van der Waals surface area contributed by atoms with E-state index in [1.54, 1.807) is 19.2 Å². The highest BCUT2D eigenvalue weighted by Gasteiger charge is 2.18. The highest BCUT2D eigenvalue weighted by Crippen LogP contribution is 2.27. The lowest BCUT2D eigenvalue weighted by Gasteiger charge is -2.19. The Morgan fingerprint density at radius 1 is 1.44 bits per heavy atom. The molecule has 16 heavy (non-hydrogen) atoms. The number of benzene rings is 1. The van der Waals surface area contributed by atoms with Crippen LogP contribution < -0.4 is 10.1 Å². The average Bonchev–Trinajstić information content (AvgIpc) is 2.31. The summed E-state index contributed by atoms with van der Waals surface area (Å²) in [7, 11) is 3.31. The standard InChI is InChI=1S/C12H18FNO2/c1-4-16-8-10(14-2)12-9(13)6-5-7-11(12)15-3/h5-7,10,14H,4,8H2,1-3H3. The van der Waals surface area contributed by atoms with Crippen molar-refractivity contribution < 1.29 is 13.9 Å². The van der Waals surface area contributed by atoms with E-state index in [0.717, 1.165) is 0 Å². The number of hydrogen-bond acceptors (Lipinski definition) is 3. The van der Waals surface area contributed by atoms with Gasteiger partial charge < -0.3 is 14.8 Å². The van der Waals surface area contributed by atoms with Gasteiger partial charge in [0.05, 0.1) is 19.8 Å². The van der Waals surface area contributed by atoms with Gasteiger partial charge >= 0.3 is 0 Å². The molecule has 90 valence electrons. The summed E-state index contributed by atoms with van der Waals surface area (Å²) in [5, 5.41) is 3.02. The first-order valence-electron chi connectivity index (χ1n) is 5.32. The molecule has 3 nitrogen and oxygen atoms in total. The predicted molar refractivity (Wildman–Crippen MR) is 61.2 cm³/mol. The minimum atomic E-state index is -0.279. The molecule has 1 unspecified atom stereocenters. The van der Waals surface area contributed by atoms with E-state index in [-0.39, 0.29) is 11.9 Å². The van der Waals surface area contributed by atoms with Crippen molar-refractivity contribution >= 4 is 0 Å². The molecule has 0 spiro atoms. The number of hydrogen-bond donors (Lipinski definition) is 1. The first-order chi connectivity index (χ1) is 7.74. The fraction of sp³-hybridized carbons (Fsp3) is 0.500. The Labute approximate surface area is 95.6 Å². The van der Waals surface area contributed by atoms with Crippen molar-refractivity contribution in [3.63, 3.8) is 0 Å². The minimum Gasteiger partial charge on any atom is -0.496 e. The van der Waals surface area contributed by atoms with E-state index in [9.17, 15) is 4.39 Å². The summed E-state index contributed by atoms with van der Waals surface area (Å²) in [6.07, 6.45) is 0. The molecule has 0 aliphatic rings. The summed E-state index contributed by atoms with van der Waals surface area (Å²) in [4.78, 5) is 0. The zero-order chi connectivity index (χ0) is 12.0. The SMILES string of the molecule is CCOCC(NC)c1c(F)cccc1OC. The molecule has 0 bridgehead atoms. The molecular weight excluding hydrogens is 209 g/mol. The van der Waals surface area contributed by atoms with Crippen LogP contribution in [0.25, 0.3) is 0 Å². The quantitative estimate of drug-likeness (QED) is 0.807. The van der Waals surface area contributed by atoms with Crippen LogP contribution in [0.2, 0.25) is 0 Å². The molecule has 0 fully saturated rings. The molecular formula is C12H18FNO2. The van der Waals surface area contributed by atoms with Crippen LogP contribution in [-0.2, 0) is 4.74 Å². The predicted octanol–water partition coefficient (Wildman–Crippen LogP) is 2.13. The summed E-state index contributed by atoms with van der Waals surface area (Å²) >= 11 is 0. The van der Waals surface area contributed by atoms with Gasteiger partial charge in [0.1, 0.15) is 11.6 Å². The highest BCUT2D eigenvalue weighted by molar-refractivity contribution is 5.37. The summed E-state index contributed by atoms with van der Waals surface area (Å²) in [5.41, 5.74) is 0.515. The summed E-state index contributed by atoms with van der Waals surface area (Å²) in [6, 6.07) is 4.60. The maximum absolute atomic E-state index is 13.7. The first-order valence-corrected chi connectivity index (χ1v) is 5.32. The molecule has 0 heterocycles. The number of rotatable bonds is 6. The maximum Gasteiger partial charge on any atom is 0.131 e. The minimum absolute atomic E-state index is 0.198.